The van der Waals surface area contributed by atoms with Crippen LogP contribution in [0.15, 0.2) is 27.8 Å². The third-order valence-corrected chi connectivity index (χ3v) is 5.81. The van der Waals surface area contributed by atoms with Gasteiger partial charge in [-0.05, 0) is 68.1 Å². The van der Waals surface area contributed by atoms with E-state index in [1.807, 2.05) is 0 Å². The van der Waals surface area contributed by atoms with E-state index in [4.69, 9.17) is 4.74 Å². The van der Waals surface area contributed by atoms with Crippen LogP contribution in [0.3, 0.4) is 0 Å². The highest BCUT2D eigenvalue weighted by atomic mass is 79.9. The largest absolute Gasteiger partial charge is 0.444 e. The Morgan fingerprint density at radius 3 is 2.71 bits per heavy atom. The quantitative estimate of drug-likeness (QED) is 0.702. The average Bonchev–Trinajstić information content (AvgIpc) is 2.45. The molecule has 1 amide bonds. The third kappa shape index (κ3) is 5.17. The molecule has 1 aliphatic heterocycles. The fourth-order valence-corrected chi connectivity index (χ4v) is 4.64. The Balaban J connectivity index is 2.17. The van der Waals surface area contributed by atoms with Crippen molar-refractivity contribution < 1.29 is 17.9 Å². The van der Waals surface area contributed by atoms with Crippen LogP contribution in [0.5, 0.6) is 0 Å². The molecule has 0 unspecified atom stereocenters. The number of nitrogens with zero attached hydrogens (tertiary/aromatic N) is 2. The molecule has 0 bridgehead atoms. The lowest BCUT2D eigenvalue weighted by Crippen LogP contribution is -2.48. The molecule has 134 valence electrons. The van der Waals surface area contributed by atoms with Gasteiger partial charge in [0.15, 0.2) is 14.9 Å². The van der Waals surface area contributed by atoms with Gasteiger partial charge in [0.05, 0.1) is 5.75 Å². The van der Waals surface area contributed by atoms with Gasteiger partial charge in [0.1, 0.15) is 10.2 Å². The van der Waals surface area contributed by atoms with Crippen molar-refractivity contribution in [3.63, 3.8) is 0 Å². The highest BCUT2D eigenvalue weighted by molar-refractivity contribution is 9.10. The molecule has 0 spiro atoms. The summed E-state index contributed by atoms with van der Waals surface area (Å²) in [5.74, 6) is -0.143. The Bertz CT molecular complexity index is 700. The molecule has 0 radical (unpaired) electrons. The summed E-state index contributed by atoms with van der Waals surface area (Å²) < 4.78 is 31.2. The number of hydrogen-bond acceptors (Lipinski definition) is 5. The van der Waals surface area contributed by atoms with E-state index in [0.29, 0.717) is 17.6 Å². The van der Waals surface area contributed by atoms with Gasteiger partial charge in [-0.3, -0.25) is 0 Å². The summed E-state index contributed by atoms with van der Waals surface area (Å²) in [6.45, 7) is 5.91. The van der Waals surface area contributed by atoms with Gasteiger partial charge in [-0.1, -0.05) is 6.07 Å². The SMILES string of the molecule is CC(C)(C)OC(=O)N1CCCC[C@H]1CS(=O)(=O)c1cccc(Br)n1. The monoisotopic (exact) mass is 418 g/mol. The number of amides is 1. The van der Waals surface area contributed by atoms with Crippen LogP contribution < -0.4 is 0 Å². The van der Waals surface area contributed by atoms with E-state index in [9.17, 15) is 13.2 Å². The first-order valence-electron chi connectivity index (χ1n) is 7.93. The summed E-state index contributed by atoms with van der Waals surface area (Å²) in [5, 5.41) is 0.0200. The van der Waals surface area contributed by atoms with E-state index in [1.165, 1.54) is 6.07 Å². The van der Waals surface area contributed by atoms with Crippen molar-refractivity contribution in [1.29, 1.82) is 0 Å². The first kappa shape index (κ1) is 19.2. The molecule has 0 N–H and O–H groups in total. The Hall–Kier alpha value is -1.15. The molecule has 8 heteroatoms. The minimum atomic E-state index is -3.58. The number of pyridine rings is 1. The number of halogens is 1. The van der Waals surface area contributed by atoms with Crippen molar-refractivity contribution in [1.82, 2.24) is 9.88 Å². The second kappa shape index (κ2) is 7.39. The molecular formula is C16H23BrN2O4S. The van der Waals surface area contributed by atoms with Gasteiger partial charge in [0.2, 0.25) is 0 Å². The smallest absolute Gasteiger partial charge is 0.410 e. The van der Waals surface area contributed by atoms with E-state index in [2.05, 4.69) is 20.9 Å². The zero-order chi connectivity index (χ0) is 18.0. The number of carbonyl (C=O) groups excluding carboxylic acids is 1. The first-order chi connectivity index (χ1) is 11.1. The number of hydrogen-bond donors (Lipinski definition) is 0. The molecule has 1 fully saturated rings. The topological polar surface area (TPSA) is 76.6 Å². The molecule has 6 nitrogen and oxygen atoms in total. The Morgan fingerprint density at radius 2 is 2.08 bits per heavy atom. The normalized spacial score (nSPS) is 19.2. The van der Waals surface area contributed by atoms with Crippen molar-refractivity contribution in [3.05, 3.63) is 22.8 Å². The van der Waals surface area contributed by atoms with Gasteiger partial charge in [0.25, 0.3) is 0 Å². The van der Waals surface area contributed by atoms with Crippen molar-refractivity contribution in [3.8, 4) is 0 Å². The van der Waals surface area contributed by atoms with Gasteiger partial charge in [-0.2, -0.15) is 0 Å². The number of carbonyl (C=O) groups is 1. The van der Waals surface area contributed by atoms with Crippen LogP contribution in [-0.2, 0) is 14.6 Å². The highest BCUT2D eigenvalue weighted by Crippen LogP contribution is 2.23. The highest BCUT2D eigenvalue weighted by Gasteiger charge is 2.34. The molecule has 2 heterocycles. The van der Waals surface area contributed by atoms with Crippen LogP contribution >= 0.6 is 15.9 Å². The van der Waals surface area contributed by atoms with E-state index in [-0.39, 0.29) is 16.8 Å². The predicted molar refractivity (Wildman–Crippen MR) is 94.6 cm³/mol. The van der Waals surface area contributed by atoms with Crippen LogP contribution in [0, 0.1) is 0 Å². The van der Waals surface area contributed by atoms with E-state index in [0.717, 1.165) is 12.8 Å². The average molecular weight is 419 g/mol. The van der Waals surface area contributed by atoms with Gasteiger partial charge >= 0.3 is 6.09 Å². The second-order valence-electron chi connectivity index (χ2n) is 6.90. The lowest BCUT2D eigenvalue weighted by Gasteiger charge is -2.36. The maximum absolute atomic E-state index is 12.6. The summed E-state index contributed by atoms with van der Waals surface area (Å²) in [6.07, 6.45) is 1.94. The molecular weight excluding hydrogens is 396 g/mol. The Kier molecular flexibility index (Phi) is 5.91. The third-order valence-electron chi connectivity index (χ3n) is 3.68. The Labute approximate surface area is 151 Å². The number of likely N-dealkylation sites (tertiary alicyclic amines) is 1. The minimum Gasteiger partial charge on any atom is -0.444 e. The lowest BCUT2D eigenvalue weighted by molar-refractivity contribution is 0.0124. The molecule has 1 aromatic rings. The predicted octanol–water partition coefficient (Wildman–Crippen LogP) is 3.41. The van der Waals surface area contributed by atoms with E-state index < -0.39 is 21.5 Å². The second-order valence-corrected chi connectivity index (χ2v) is 9.70. The van der Waals surface area contributed by atoms with Crippen molar-refractivity contribution in [2.45, 2.75) is 56.7 Å². The molecule has 2 rings (SSSR count). The summed E-state index contributed by atoms with van der Waals surface area (Å²) in [4.78, 5) is 18.0. The fraction of sp³-hybridized carbons (Fsp3) is 0.625. The lowest BCUT2D eigenvalue weighted by atomic mass is 10.0. The van der Waals surface area contributed by atoms with Gasteiger partial charge in [-0.15, -0.1) is 0 Å². The van der Waals surface area contributed by atoms with E-state index >= 15 is 0 Å². The van der Waals surface area contributed by atoms with Crippen LogP contribution in [0.4, 0.5) is 4.79 Å². The number of piperidine rings is 1. The number of aromatic nitrogens is 1. The van der Waals surface area contributed by atoms with Crippen LogP contribution in [0.1, 0.15) is 40.0 Å². The maximum atomic E-state index is 12.6. The summed E-state index contributed by atoms with van der Waals surface area (Å²) >= 11 is 3.19. The molecule has 1 saturated heterocycles. The van der Waals surface area contributed by atoms with Gasteiger partial charge in [-0.25, -0.2) is 18.2 Å². The molecule has 0 saturated carbocycles. The molecule has 24 heavy (non-hydrogen) atoms. The minimum absolute atomic E-state index is 0.0200. The summed E-state index contributed by atoms with van der Waals surface area (Å²) in [5.41, 5.74) is -0.607. The molecule has 1 aromatic heterocycles. The molecule has 0 aliphatic carbocycles. The van der Waals surface area contributed by atoms with Gasteiger partial charge in [0, 0.05) is 12.6 Å². The summed E-state index contributed by atoms with van der Waals surface area (Å²) in [7, 11) is -3.58. The van der Waals surface area contributed by atoms with Crippen molar-refractivity contribution >= 4 is 31.9 Å². The molecule has 1 aliphatic rings. The number of sulfone groups is 1. The van der Waals surface area contributed by atoms with Crippen LogP contribution in [0.2, 0.25) is 0 Å². The molecule has 1 atom stereocenters. The zero-order valence-corrected chi connectivity index (χ0v) is 16.6. The summed E-state index contributed by atoms with van der Waals surface area (Å²) in [6, 6.07) is 4.39. The van der Waals surface area contributed by atoms with Gasteiger partial charge < -0.3 is 9.64 Å². The standard InChI is InChI=1S/C16H23BrN2O4S/c1-16(2,3)23-15(20)19-10-5-4-7-12(19)11-24(21,22)14-9-6-8-13(17)18-14/h6,8-9,12H,4-5,7,10-11H2,1-3H3/t12-/m0/s1. The fourth-order valence-electron chi connectivity index (χ4n) is 2.64. The zero-order valence-electron chi connectivity index (χ0n) is 14.2. The van der Waals surface area contributed by atoms with Crippen LogP contribution in [-0.4, -0.2) is 48.3 Å². The van der Waals surface area contributed by atoms with E-state index in [1.54, 1.807) is 37.8 Å². The Morgan fingerprint density at radius 1 is 1.38 bits per heavy atom. The first-order valence-corrected chi connectivity index (χ1v) is 10.4. The number of rotatable bonds is 3. The number of ether oxygens (including phenoxy) is 1. The molecule has 0 aromatic carbocycles. The maximum Gasteiger partial charge on any atom is 0.410 e. The van der Waals surface area contributed by atoms with Crippen LogP contribution in [0.25, 0.3) is 0 Å². The van der Waals surface area contributed by atoms with Crippen molar-refractivity contribution in [2.24, 2.45) is 0 Å². The van der Waals surface area contributed by atoms with Crippen molar-refractivity contribution in [2.75, 3.05) is 12.3 Å².